The van der Waals surface area contributed by atoms with Gasteiger partial charge in [0.05, 0.1) is 6.54 Å². The van der Waals surface area contributed by atoms with E-state index in [4.69, 9.17) is 16.7 Å². The second kappa shape index (κ2) is 7.23. The van der Waals surface area contributed by atoms with Crippen LogP contribution in [-0.4, -0.2) is 32.3 Å². The van der Waals surface area contributed by atoms with Crippen LogP contribution in [0.15, 0.2) is 51.4 Å². The Morgan fingerprint density at radius 3 is 2.59 bits per heavy atom. The van der Waals surface area contributed by atoms with E-state index in [-0.39, 0.29) is 5.41 Å². The van der Waals surface area contributed by atoms with E-state index in [9.17, 15) is 9.59 Å². The molecule has 5 rings (SSSR count). The molecule has 2 aromatic heterocycles. The highest BCUT2D eigenvalue weighted by Gasteiger charge is 2.47. The molecule has 8 heteroatoms. The fourth-order valence-electron chi connectivity index (χ4n) is 4.56. The molecule has 1 atom stereocenters. The summed E-state index contributed by atoms with van der Waals surface area (Å²) >= 11 is 7.56. The van der Waals surface area contributed by atoms with E-state index in [2.05, 4.69) is 17.0 Å². The lowest BCUT2D eigenvalue weighted by Gasteiger charge is -2.24. The van der Waals surface area contributed by atoms with Crippen LogP contribution in [0.1, 0.15) is 29.1 Å². The van der Waals surface area contributed by atoms with Gasteiger partial charge >= 0.3 is 11.1 Å². The van der Waals surface area contributed by atoms with Crippen LogP contribution in [0.3, 0.4) is 0 Å². The lowest BCUT2D eigenvalue weighted by molar-refractivity contribution is 0.298. The van der Waals surface area contributed by atoms with Crippen LogP contribution in [0.5, 0.6) is 0 Å². The zero-order valence-electron chi connectivity index (χ0n) is 15.9. The predicted molar refractivity (Wildman–Crippen MR) is 114 cm³/mol. The molecule has 2 aliphatic rings. The van der Waals surface area contributed by atoms with Crippen LogP contribution in [0, 0.1) is 0 Å². The molecule has 4 heterocycles. The summed E-state index contributed by atoms with van der Waals surface area (Å²) in [5.74, 6) is 0.775. The van der Waals surface area contributed by atoms with Crippen molar-refractivity contribution in [2.45, 2.75) is 37.9 Å². The van der Waals surface area contributed by atoms with Crippen molar-refractivity contribution in [1.29, 1.82) is 0 Å². The summed E-state index contributed by atoms with van der Waals surface area (Å²) in [4.78, 5) is 28.7. The van der Waals surface area contributed by atoms with Crippen molar-refractivity contribution in [1.82, 2.24) is 19.2 Å². The first-order valence-corrected chi connectivity index (χ1v) is 11.0. The van der Waals surface area contributed by atoms with Crippen molar-refractivity contribution in [2.24, 2.45) is 0 Å². The Bertz CT molecular complexity index is 1150. The second-order valence-corrected chi connectivity index (χ2v) is 9.41. The van der Waals surface area contributed by atoms with Gasteiger partial charge in [-0.25, -0.2) is 4.68 Å². The van der Waals surface area contributed by atoms with E-state index >= 15 is 0 Å². The zero-order valence-corrected chi connectivity index (χ0v) is 17.5. The van der Waals surface area contributed by atoms with Crippen molar-refractivity contribution in [3.63, 3.8) is 0 Å². The average Bonchev–Trinajstić information content (AvgIpc) is 3.44. The molecule has 3 aromatic rings. The quantitative estimate of drug-likeness (QED) is 0.599. The van der Waals surface area contributed by atoms with Crippen LogP contribution >= 0.6 is 22.9 Å². The number of aromatic nitrogens is 3. The molecule has 1 fully saturated rings. The Morgan fingerprint density at radius 2 is 1.83 bits per heavy atom. The summed E-state index contributed by atoms with van der Waals surface area (Å²) in [5, 5.41) is 7.41. The van der Waals surface area contributed by atoms with Crippen molar-refractivity contribution in [3.05, 3.63) is 83.8 Å². The van der Waals surface area contributed by atoms with E-state index in [0.29, 0.717) is 13.1 Å². The number of fused-ring (bicyclic) bond motifs is 2. The number of likely N-dealkylation sites (tertiary alicyclic amines) is 1. The van der Waals surface area contributed by atoms with Gasteiger partial charge in [0.15, 0.2) is 0 Å². The molecular formula is C21H21ClN4O2S. The lowest BCUT2D eigenvalue weighted by Crippen LogP contribution is -2.45. The molecule has 0 unspecified atom stereocenters. The van der Waals surface area contributed by atoms with E-state index in [1.165, 1.54) is 10.2 Å². The molecule has 0 aliphatic carbocycles. The molecule has 1 spiro atoms. The highest BCUT2D eigenvalue weighted by Crippen LogP contribution is 2.40. The first-order valence-electron chi connectivity index (χ1n) is 9.76. The Balaban J connectivity index is 1.44. The molecule has 0 radical (unpaired) electrons. The third kappa shape index (κ3) is 3.37. The number of halogens is 1. The SMILES string of the molecule is O=c1c(=O)n2c(nn1Cc1cccs1)[C@]1(CCN(Cc3ccc(Cl)cc3)C1)CC2. The van der Waals surface area contributed by atoms with Gasteiger partial charge in [0, 0.05) is 34.9 Å². The van der Waals surface area contributed by atoms with Crippen LogP contribution in [0.4, 0.5) is 0 Å². The number of benzene rings is 1. The smallest absolute Gasteiger partial charge is 0.298 e. The van der Waals surface area contributed by atoms with E-state index < -0.39 is 11.1 Å². The highest BCUT2D eigenvalue weighted by atomic mass is 35.5. The Morgan fingerprint density at radius 1 is 1.03 bits per heavy atom. The summed E-state index contributed by atoms with van der Waals surface area (Å²) in [6.45, 7) is 3.56. The van der Waals surface area contributed by atoms with Gasteiger partial charge in [0.2, 0.25) is 0 Å². The minimum absolute atomic E-state index is 0.156. The molecule has 150 valence electrons. The number of rotatable bonds is 4. The van der Waals surface area contributed by atoms with Gasteiger partial charge in [0.1, 0.15) is 5.82 Å². The average molecular weight is 429 g/mol. The molecule has 0 bridgehead atoms. The molecule has 1 aromatic carbocycles. The third-order valence-electron chi connectivity index (χ3n) is 6.06. The topological polar surface area (TPSA) is 60.1 Å². The van der Waals surface area contributed by atoms with Gasteiger partial charge in [-0.15, -0.1) is 11.3 Å². The van der Waals surface area contributed by atoms with Crippen molar-refractivity contribution >= 4 is 22.9 Å². The maximum atomic E-state index is 12.7. The first kappa shape index (κ1) is 18.8. The Hall–Kier alpha value is -2.22. The van der Waals surface area contributed by atoms with Crippen LogP contribution in [0.25, 0.3) is 0 Å². The van der Waals surface area contributed by atoms with E-state index in [1.54, 1.807) is 15.9 Å². The molecule has 0 saturated carbocycles. The fourth-order valence-corrected chi connectivity index (χ4v) is 5.37. The van der Waals surface area contributed by atoms with Gasteiger partial charge in [-0.3, -0.25) is 19.1 Å². The summed E-state index contributed by atoms with van der Waals surface area (Å²) in [6, 6.07) is 11.8. The molecule has 0 N–H and O–H groups in total. The van der Waals surface area contributed by atoms with Crippen molar-refractivity contribution in [3.8, 4) is 0 Å². The lowest BCUT2D eigenvalue weighted by atomic mass is 9.85. The summed E-state index contributed by atoms with van der Waals surface area (Å²) in [6.07, 6.45) is 1.80. The molecule has 29 heavy (non-hydrogen) atoms. The number of thiophene rings is 1. The van der Waals surface area contributed by atoms with Crippen molar-refractivity contribution in [2.75, 3.05) is 13.1 Å². The van der Waals surface area contributed by atoms with E-state index in [0.717, 1.165) is 48.2 Å². The van der Waals surface area contributed by atoms with Gasteiger partial charge in [-0.05, 0) is 48.5 Å². The van der Waals surface area contributed by atoms with Gasteiger partial charge in [-0.1, -0.05) is 29.8 Å². The van der Waals surface area contributed by atoms with Gasteiger partial charge < -0.3 is 0 Å². The van der Waals surface area contributed by atoms with Gasteiger partial charge in [0.25, 0.3) is 0 Å². The normalized spacial score (nSPS) is 21.1. The van der Waals surface area contributed by atoms with Crippen molar-refractivity contribution < 1.29 is 0 Å². The summed E-state index contributed by atoms with van der Waals surface area (Å²) in [7, 11) is 0. The highest BCUT2D eigenvalue weighted by molar-refractivity contribution is 7.09. The Kier molecular flexibility index (Phi) is 4.69. The van der Waals surface area contributed by atoms with Crippen LogP contribution in [-0.2, 0) is 25.0 Å². The summed E-state index contributed by atoms with van der Waals surface area (Å²) < 4.78 is 2.97. The predicted octanol–water partition coefficient (Wildman–Crippen LogP) is 2.72. The molecular weight excluding hydrogens is 408 g/mol. The maximum Gasteiger partial charge on any atom is 0.332 e. The molecule has 0 amide bonds. The maximum absolute atomic E-state index is 12.7. The van der Waals surface area contributed by atoms with Gasteiger partial charge in [-0.2, -0.15) is 5.10 Å². The van der Waals surface area contributed by atoms with E-state index in [1.807, 2.05) is 29.6 Å². The largest absolute Gasteiger partial charge is 0.332 e. The minimum atomic E-state index is -0.532. The number of hydrogen-bond donors (Lipinski definition) is 0. The fraction of sp³-hybridized carbons (Fsp3) is 0.381. The third-order valence-corrected chi connectivity index (χ3v) is 7.17. The minimum Gasteiger partial charge on any atom is -0.298 e. The monoisotopic (exact) mass is 428 g/mol. The number of nitrogens with zero attached hydrogens (tertiary/aromatic N) is 4. The number of hydrogen-bond acceptors (Lipinski definition) is 5. The summed E-state index contributed by atoms with van der Waals surface area (Å²) in [5.41, 5.74) is 0.0866. The molecule has 6 nitrogen and oxygen atoms in total. The van der Waals surface area contributed by atoms with Crippen LogP contribution in [0.2, 0.25) is 5.02 Å². The molecule has 2 aliphatic heterocycles. The Labute approximate surface area is 177 Å². The van der Waals surface area contributed by atoms with Crippen LogP contribution < -0.4 is 11.1 Å². The first-order chi connectivity index (χ1) is 14.0. The standard InChI is InChI=1S/C21H21ClN4O2S/c22-16-5-3-15(4-6-16)12-24-9-7-21(14-24)8-10-25-18(27)19(28)26(23-20(21)25)13-17-2-1-11-29-17/h1-6,11H,7-10,12-14H2/t21-/m1/s1. The zero-order chi connectivity index (χ0) is 20.0. The second-order valence-electron chi connectivity index (χ2n) is 7.94. The molecule has 1 saturated heterocycles.